The first-order chi connectivity index (χ1) is 14.2. The van der Waals surface area contributed by atoms with Crippen molar-refractivity contribution < 1.29 is 14.3 Å². The Morgan fingerprint density at radius 1 is 1.20 bits per heavy atom. The molecule has 2 aromatic carbocycles. The van der Waals surface area contributed by atoms with Crippen LogP contribution in [0.3, 0.4) is 0 Å². The Balaban J connectivity index is 1.88. The quantitative estimate of drug-likeness (QED) is 0.527. The molecule has 3 aromatic rings. The summed E-state index contributed by atoms with van der Waals surface area (Å²) in [5, 5.41) is 3.13. The van der Waals surface area contributed by atoms with Crippen molar-refractivity contribution >= 4 is 57.2 Å². The number of hydrogen-bond donors (Lipinski definition) is 1. The lowest BCUT2D eigenvalue weighted by molar-refractivity contribution is -0.115. The Morgan fingerprint density at radius 2 is 1.93 bits per heavy atom. The van der Waals surface area contributed by atoms with Crippen LogP contribution in [0.4, 0.5) is 10.8 Å². The van der Waals surface area contributed by atoms with Crippen LogP contribution in [-0.2, 0) is 11.4 Å². The smallest absolute Gasteiger partial charge is 0.252 e. The van der Waals surface area contributed by atoms with Crippen LogP contribution in [0.2, 0.25) is 10.0 Å². The summed E-state index contributed by atoms with van der Waals surface area (Å²) in [5.74, 6) is -0.560. The van der Waals surface area contributed by atoms with Crippen LogP contribution in [0, 0.1) is 13.8 Å². The summed E-state index contributed by atoms with van der Waals surface area (Å²) >= 11 is 13.7. The number of thiazole rings is 1. The molecule has 0 aliphatic carbocycles. The molecule has 0 fully saturated rings. The minimum Gasteiger partial charge on any atom is -0.486 e. The number of nitrogens with zero attached hydrogens (tertiary/aromatic N) is 2. The summed E-state index contributed by atoms with van der Waals surface area (Å²) in [6.07, 6.45) is 0. The molecule has 0 unspecified atom stereocenters. The molecule has 0 radical (unpaired) electrons. The van der Waals surface area contributed by atoms with Crippen molar-refractivity contribution in [3.8, 4) is 5.75 Å². The summed E-state index contributed by atoms with van der Waals surface area (Å²) in [4.78, 5) is 30.0. The molecular formula is C21H19Cl2N3O3S. The number of aryl methyl sites for hydroxylation is 2. The van der Waals surface area contributed by atoms with Crippen LogP contribution in [0.5, 0.6) is 5.75 Å². The number of halogens is 2. The van der Waals surface area contributed by atoms with Gasteiger partial charge in [0.25, 0.3) is 5.91 Å². The number of primary amides is 1. The van der Waals surface area contributed by atoms with E-state index in [4.69, 9.17) is 33.7 Å². The van der Waals surface area contributed by atoms with Crippen molar-refractivity contribution in [2.75, 3.05) is 4.90 Å². The number of nitrogens with two attached hydrogens (primary N) is 1. The van der Waals surface area contributed by atoms with Crippen LogP contribution in [0.1, 0.15) is 34.1 Å². The van der Waals surface area contributed by atoms with Gasteiger partial charge in [0.15, 0.2) is 5.13 Å². The van der Waals surface area contributed by atoms with Gasteiger partial charge in [-0.3, -0.25) is 14.5 Å². The number of aromatic nitrogens is 1. The first-order valence-corrected chi connectivity index (χ1v) is 10.5. The van der Waals surface area contributed by atoms with E-state index >= 15 is 0 Å². The molecule has 0 atom stereocenters. The fourth-order valence-electron chi connectivity index (χ4n) is 3.02. The van der Waals surface area contributed by atoms with E-state index in [1.807, 2.05) is 26.0 Å². The minimum atomic E-state index is -0.618. The lowest BCUT2D eigenvalue weighted by atomic mass is 10.1. The molecule has 0 aliphatic heterocycles. The second-order valence-electron chi connectivity index (χ2n) is 6.68. The second kappa shape index (κ2) is 9.04. The van der Waals surface area contributed by atoms with E-state index in [0.717, 1.165) is 11.1 Å². The molecule has 3 rings (SSSR count). The highest BCUT2D eigenvalue weighted by Crippen LogP contribution is 2.37. The minimum absolute atomic E-state index is 0.0729. The third-order valence-electron chi connectivity index (χ3n) is 4.25. The summed E-state index contributed by atoms with van der Waals surface area (Å²) in [7, 11) is 0. The highest BCUT2D eigenvalue weighted by molar-refractivity contribution is 7.14. The van der Waals surface area contributed by atoms with Gasteiger partial charge in [-0.15, -0.1) is 11.3 Å². The number of amides is 2. The van der Waals surface area contributed by atoms with Gasteiger partial charge in [-0.05, 0) is 49.2 Å². The highest BCUT2D eigenvalue weighted by atomic mass is 35.5. The predicted molar refractivity (Wildman–Crippen MR) is 120 cm³/mol. The number of carbonyl (C=O) groups is 2. The second-order valence-corrected chi connectivity index (χ2v) is 8.36. The number of ether oxygens (including phenoxy) is 1. The fraction of sp³-hybridized carbons (Fsp3) is 0.190. The van der Waals surface area contributed by atoms with Gasteiger partial charge in [0, 0.05) is 17.3 Å². The number of carbonyl (C=O) groups excluding carboxylic acids is 2. The third-order valence-corrected chi connectivity index (χ3v) is 5.65. The van der Waals surface area contributed by atoms with Crippen molar-refractivity contribution in [3.05, 3.63) is 68.1 Å². The predicted octanol–water partition coefficient (Wildman–Crippen LogP) is 5.43. The fourth-order valence-corrected chi connectivity index (χ4v) is 4.44. The molecule has 0 bridgehead atoms. The molecule has 2 N–H and O–H groups in total. The largest absolute Gasteiger partial charge is 0.486 e. The average molecular weight is 464 g/mol. The normalized spacial score (nSPS) is 10.7. The van der Waals surface area contributed by atoms with Gasteiger partial charge in [-0.2, -0.15) is 0 Å². The van der Waals surface area contributed by atoms with Crippen LogP contribution < -0.4 is 15.4 Å². The average Bonchev–Trinajstić information content (AvgIpc) is 3.10. The number of benzene rings is 2. The van der Waals surface area contributed by atoms with Crippen molar-refractivity contribution in [1.29, 1.82) is 0 Å². The van der Waals surface area contributed by atoms with E-state index in [9.17, 15) is 9.59 Å². The van der Waals surface area contributed by atoms with Gasteiger partial charge in [0.2, 0.25) is 5.91 Å². The zero-order valence-electron chi connectivity index (χ0n) is 16.5. The molecule has 30 heavy (non-hydrogen) atoms. The Hall–Kier alpha value is -2.61. The highest BCUT2D eigenvalue weighted by Gasteiger charge is 2.23. The molecule has 1 aromatic heterocycles. The SMILES string of the molecule is CC(=O)N(c1nc(COc2cc(Cl)ccc2C(N)=O)cs1)c1c(C)cc(C)cc1Cl. The number of anilines is 2. The van der Waals surface area contributed by atoms with Crippen molar-refractivity contribution in [2.45, 2.75) is 27.4 Å². The molecule has 0 spiro atoms. The summed E-state index contributed by atoms with van der Waals surface area (Å²) < 4.78 is 5.72. The zero-order valence-corrected chi connectivity index (χ0v) is 18.9. The van der Waals surface area contributed by atoms with E-state index in [1.165, 1.54) is 35.3 Å². The molecule has 0 saturated carbocycles. The molecule has 2 amide bonds. The maximum absolute atomic E-state index is 12.4. The summed E-state index contributed by atoms with van der Waals surface area (Å²) in [6.45, 7) is 5.36. The summed E-state index contributed by atoms with van der Waals surface area (Å²) in [6, 6.07) is 8.35. The van der Waals surface area contributed by atoms with Gasteiger partial charge in [0.1, 0.15) is 12.4 Å². The van der Waals surface area contributed by atoms with Crippen molar-refractivity contribution in [2.24, 2.45) is 5.73 Å². The van der Waals surface area contributed by atoms with Crippen molar-refractivity contribution in [3.63, 3.8) is 0 Å². The third kappa shape index (κ3) is 4.75. The monoisotopic (exact) mass is 463 g/mol. The maximum Gasteiger partial charge on any atom is 0.252 e. The first kappa shape index (κ1) is 22.1. The van der Waals surface area contributed by atoms with Crippen LogP contribution in [-0.4, -0.2) is 16.8 Å². The van der Waals surface area contributed by atoms with Gasteiger partial charge in [-0.1, -0.05) is 29.3 Å². The van der Waals surface area contributed by atoms with Crippen LogP contribution in [0.15, 0.2) is 35.7 Å². The zero-order chi connectivity index (χ0) is 22.0. The van der Waals surface area contributed by atoms with Gasteiger partial charge < -0.3 is 10.5 Å². The van der Waals surface area contributed by atoms with Crippen molar-refractivity contribution in [1.82, 2.24) is 4.98 Å². The van der Waals surface area contributed by atoms with Gasteiger partial charge >= 0.3 is 0 Å². The maximum atomic E-state index is 12.4. The Morgan fingerprint density at radius 3 is 2.57 bits per heavy atom. The topological polar surface area (TPSA) is 85.5 Å². The van der Waals surface area contributed by atoms with Gasteiger partial charge in [0.05, 0.1) is 22.0 Å². The van der Waals surface area contributed by atoms with E-state index in [1.54, 1.807) is 11.4 Å². The van der Waals surface area contributed by atoms with E-state index in [2.05, 4.69) is 4.98 Å². The van der Waals surface area contributed by atoms with E-state index in [-0.39, 0.29) is 23.8 Å². The van der Waals surface area contributed by atoms with E-state index in [0.29, 0.717) is 26.6 Å². The first-order valence-electron chi connectivity index (χ1n) is 8.91. The number of hydrogen-bond acceptors (Lipinski definition) is 5. The molecule has 6 nitrogen and oxygen atoms in total. The Bertz CT molecular complexity index is 1110. The molecule has 0 saturated heterocycles. The lowest BCUT2D eigenvalue weighted by Gasteiger charge is -2.22. The standard InChI is InChI=1S/C21H19Cl2N3O3S/c1-11-6-12(2)19(17(23)7-11)26(13(3)27)21-25-15(10-30-21)9-29-18-8-14(22)4-5-16(18)20(24)28/h4-8,10H,9H2,1-3H3,(H2,24,28). The summed E-state index contributed by atoms with van der Waals surface area (Å²) in [5.41, 5.74) is 8.66. The molecule has 0 aliphatic rings. The number of rotatable bonds is 6. The Kier molecular flexibility index (Phi) is 6.65. The molecule has 9 heteroatoms. The Labute approximate surface area is 188 Å². The van der Waals surface area contributed by atoms with Crippen LogP contribution in [0.25, 0.3) is 0 Å². The van der Waals surface area contributed by atoms with Gasteiger partial charge in [-0.25, -0.2) is 4.98 Å². The lowest BCUT2D eigenvalue weighted by Crippen LogP contribution is -2.24. The molecular weight excluding hydrogens is 445 g/mol. The molecule has 156 valence electrons. The molecule has 1 heterocycles. The van der Waals surface area contributed by atoms with Crippen LogP contribution >= 0.6 is 34.5 Å². The van der Waals surface area contributed by atoms with E-state index < -0.39 is 5.91 Å².